The van der Waals surface area contributed by atoms with Gasteiger partial charge in [-0.1, -0.05) is 11.6 Å². The van der Waals surface area contributed by atoms with Crippen LogP contribution in [-0.4, -0.2) is 31.3 Å². The quantitative estimate of drug-likeness (QED) is 0.912. The smallest absolute Gasteiger partial charge is 0.331 e. The van der Waals surface area contributed by atoms with Gasteiger partial charge in [-0.2, -0.15) is 0 Å². The summed E-state index contributed by atoms with van der Waals surface area (Å²) in [5.41, 5.74) is -0.876. The van der Waals surface area contributed by atoms with E-state index in [2.05, 4.69) is 5.32 Å². The second kappa shape index (κ2) is 5.38. The Labute approximate surface area is 118 Å². The van der Waals surface area contributed by atoms with Crippen molar-refractivity contribution in [1.82, 2.24) is 9.62 Å². The minimum atomic E-state index is -3.92. The zero-order valence-corrected chi connectivity index (χ0v) is 12.8. The maximum Gasteiger partial charge on any atom is 0.331 e. The zero-order chi connectivity index (χ0) is 14.8. The molecular weight excluding hydrogens is 288 g/mol. The van der Waals surface area contributed by atoms with Gasteiger partial charge < -0.3 is 5.32 Å². The van der Waals surface area contributed by atoms with E-state index in [1.807, 2.05) is 0 Å². The van der Waals surface area contributed by atoms with Crippen molar-refractivity contribution in [3.8, 4) is 0 Å². The number of hydrogen-bond acceptors (Lipinski definition) is 3. The van der Waals surface area contributed by atoms with E-state index in [4.69, 9.17) is 11.6 Å². The van der Waals surface area contributed by atoms with E-state index in [0.717, 1.165) is 4.31 Å². The van der Waals surface area contributed by atoms with Gasteiger partial charge in [0.15, 0.2) is 0 Å². The Morgan fingerprint density at radius 1 is 1.21 bits per heavy atom. The lowest BCUT2D eigenvalue weighted by molar-refractivity contribution is 0.198. The number of nitrogens with zero attached hydrogens (tertiary/aromatic N) is 1. The molecule has 0 aromatic heterocycles. The number of carbonyl (C=O) groups is 1. The number of urea groups is 1. The Bertz CT molecular complexity index is 562. The van der Waals surface area contributed by atoms with E-state index < -0.39 is 21.6 Å². The molecule has 5 nitrogen and oxygen atoms in total. The van der Waals surface area contributed by atoms with Gasteiger partial charge in [0.2, 0.25) is 0 Å². The average Bonchev–Trinajstić information content (AvgIpc) is 2.27. The van der Waals surface area contributed by atoms with Crippen LogP contribution in [0.25, 0.3) is 0 Å². The lowest BCUT2D eigenvalue weighted by Crippen LogP contribution is -2.52. The van der Waals surface area contributed by atoms with E-state index >= 15 is 0 Å². The molecule has 0 fully saturated rings. The number of carbonyl (C=O) groups excluding carboxylic acids is 1. The Morgan fingerprint density at radius 2 is 1.68 bits per heavy atom. The van der Waals surface area contributed by atoms with E-state index in [9.17, 15) is 13.2 Å². The lowest BCUT2D eigenvalue weighted by atomic mass is 10.1. The molecule has 0 saturated heterocycles. The van der Waals surface area contributed by atoms with Gasteiger partial charge in [0.05, 0.1) is 10.4 Å². The summed E-state index contributed by atoms with van der Waals surface area (Å²) in [5.74, 6) is 0. The van der Waals surface area contributed by atoms with Gasteiger partial charge in [-0.3, -0.25) is 0 Å². The number of sulfonamides is 1. The van der Waals surface area contributed by atoms with Crippen LogP contribution < -0.4 is 5.32 Å². The minimum absolute atomic E-state index is 0.0235. The average molecular weight is 305 g/mol. The summed E-state index contributed by atoms with van der Waals surface area (Å²) < 4.78 is 25.8. The number of nitrogens with one attached hydrogen (secondary N) is 1. The summed E-state index contributed by atoms with van der Waals surface area (Å²) in [6.45, 7) is 4.95. The van der Waals surface area contributed by atoms with Crippen molar-refractivity contribution in [2.24, 2.45) is 0 Å². The fraction of sp³-hybridized carbons (Fsp3) is 0.417. The number of halogens is 1. The first-order valence-electron chi connectivity index (χ1n) is 5.63. The Kier molecular flexibility index (Phi) is 4.47. The maximum atomic E-state index is 12.5. The summed E-state index contributed by atoms with van der Waals surface area (Å²) in [6, 6.07) is 5.01. The highest BCUT2D eigenvalue weighted by molar-refractivity contribution is 7.89. The molecular formula is C12H17ClN2O3S. The van der Waals surface area contributed by atoms with Crippen LogP contribution in [0.1, 0.15) is 20.8 Å². The fourth-order valence-corrected chi connectivity index (χ4v) is 3.44. The third-order valence-corrected chi connectivity index (χ3v) is 4.67. The number of benzene rings is 1. The van der Waals surface area contributed by atoms with Gasteiger partial charge in [-0.15, -0.1) is 0 Å². The fourth-order valence-electron chi connectivity index (χ4n) is 1.59. The highest BCUT2D eigenvalue weighted by atomic mass is 35.5. The topological polar surface area (TPSA) is 66.5 Å². The van der Waals surface area contributed by atoms with Gasteiger partial charge in [0, 0.05) is 12.1 Å². The normalized spacial score (nSPS) is 12.1. The predicted octanol–water partition coefficient (Wildman–Crippen LogP) is 2.47. The van der Waals surface area contributed by atoms with Crippen molar-refractivity contribution < 1.29 is 13.2 Å². The largest absolute Gasteiger partial charge is 0.340 e. The molecule has 106 valence electrons. The number of rotatable bonds is 2. The second-order valence-electron chi connectivity index (χ2n) is 4.95. The molecule has 19 heavy (non-hydrogen) atoms. The SMILES string of the molecule is CNC(=O)N(C(C)(C)C)S(=O)(=O)c1ccc(Cl)cc1. The van der Waals surface area contributed by atoms with Crippen molar-refractivity contribution in [2.75, 3.05) is 7.05 Å². The summed E-state index contributed by atoms with van der Waals surface area (Å²) in [6.07, 6.45) is 0. The molecule has 1 aromatic rings. The van der Waals surface area contributed by atoms with Gasteiger partial charge in [0.25, 0.3) is 10.0 Å². The standard InChI is InChI=1S/C12H17ClN2O3S/c1-12(2,3)15(11(16)14-4)19(17,18)10-7-5-9(13)6-8-10/h5-8H,1-4H3,(H,14,16). The highest BCUT2D eigenvalue weighted by Crippen LogP contribution is 2.25. The number of hydrogen-bond donors (Lipinski definition) is 1. The van der Waals surface area contributed by atoms with Crippen molar-refractivity contribution in [3.05, 3.63) is 29.3 Å². The Morgan fingerprint density at radius 3 is 2.05 bits per heavy atom. The van der Waals surface area contributed by atoms with E-state index in [-0.39, 0.29) is 4.90 Å². The molecule has 1 rings (SSSR count). The molecule has 0 aliphatic carbocycles. The highest BCUT2D eigenvalue weighted by Gasteiger charge is 2.37. The summed E-state index contributed by atoms with van der Waals surface area (Å²) in [5, 5.41) is 2.77. The third kappa shape index (κ3) is 3.39. The lowest BCUT2D eigenvalue weighted by Gasteiger charge is -2.34. The molecule has 0 radical (unpaired) electrons. The van der Waals surface area contributed by atoms with E-state index in [0.29, 0.717) is 5.02 Å². The van der Waals surface area contributed by atoms with Crippen molar-refractivity contribution >= 4 is 27.7 Å². The molecule has 0 aliphatic rings. The molecule has 0 spiro atoms. The first kappa shape index (κ1) is 15.8. The second-order valence-corrected chi connectivity index (χ2v) is 7.17. The van der Waals surface area contributed by atoms with Crippen molar-refractivity contribution in [1.29, 1.82) is 0 Å². The first-order valence-corrected chi connectivity index (χ1v) is 7.45. The van der Waals surface area contributed by atoms with E-state index in [1.54, 1.807) is 20.8 Å². The van der Waals surface area contributed by atoms with Crippen LogP contribution in [0, 0.1) is 0 Å². The molecule has 2 amide bonds. The van der Waals surface area contributed by atoms with Gasteiger partial charge in [-0.05, 0) is 45.0 Å². The molecule has 0 unspecified atom stereocenters. The van der Waals surface area contributed by atoms with Crippen molar-refractivity contribution in [3.63, 3.8) is 0 Å². The van der Waals surface area contributed by atoms with Gasteiger partial charge in [-0.25, -0.2) is 17.5 Å². The van der Waals surface area contributed by atoms with Crippen molar-refractivity contribution in [2.45, 2.75) is 31.2 Å². The third-order valence-electron chi connectivity index (χ3n) is 2.36. The van der Waals surface area contributed by atoms with E-state index in [1.165, 1.54) is 31.3 Å². The molecule has 1 N–H and O–H groups in total. The van der Waals surface area contributed by atoms with Crippen LogP contribution in [0.3, 0.4) is 0 Å². The molecule has 0 atom stereocenters. The predicted molar refractivity (Wildman–Crippen MR) is 74.7 cm³/mol. The van der Waals surface area contributed by atoms with Crippen LogP contribution in [0.5, 0.6) is 0 Å². The molecule has 0 saturated carbocycles. The molecule has 7 heteroatoms. The summed E-state index contributed by atoms with van der Waals surface area (Å²) in [4.78, 5) is 11.9. The van der Waals surface area contributed by atoms with Gasteiger partial charge >= 0.3 is 6.03 Å². The Balaban J connectivity index is 3.36. The maximum absolute atomic E-state index is 12.5. The summed E-state index contributed by atoms with van der Waals surface area (Å²) in [7, 11) is -2.54. The van der Waals surface area contributed by atoms with Gasteiger partial charge in [0.1, 0.15) is 0 Å². The molecule has 1 aromatic carbocycles. The minimum Gasteiger partial charge on any atom is -0.340 e. The monoisotopic (exact) mass is 304 g/mol. The Hall–Kier alpha value is -1.27. The first-order chi connectivity index (χ1) is 8.60. The molecule has 0 aliphatic heterocycles. The number of amides is 2. The summed E-state index contributed by atoms with van der Waals surface area (Å²) >= 11 is 5.73. The molecule has 0 heterocycles. The van der Waals surface area contributed by atoms with Crippen LogP contribution in [-0.2, 0) is 10.0 Å². The van der Waals surface area contributed by atoms with Crippen LogP contribution in [0.2, 0.25) is 5.02 Å². The zero-order valence-electron chi connectivity index (χ0n) is 11.3. The van der Waals surface area contributed by atoms with Crippen LogP contribution in [0.4, 0.5) is 4.79 Å². The van der Waals surface area contributed by atoms with Crippen LogP contribution in [0.15, 0.2) is 29.2 Å². The van der Waals surface area contributed by atoms with Crippen LogP contribution >= 0.6 is 11.6 Å². The molecule has 0 bridgehead atoms.